The number of aryl methyl sites for hydroxylation is 1. The second-order valence-electron chi connectivity index (χ2n) is 10.1. The van der Waals surface area contributed by atoms with Crippen molar-refractivity contribution in [2.75, 3.05) is 31.3 Å². The number of benzene rings is 2. The summed E-state index contributed by atoms with van der Waals surface area (Å²) in [6, 6.07) is 11.8. The first-order chi connectivity index (χ1) is 18.6. The van der Waals surface area contributed by atoms with Crippen LogP contribution in [0.2, 0.25) is 0 Å². The molecule has 1 aliphatic rings. The van der Waals surface area contributed by atoms with Crippen LogP contribution in [0.5, 0.6) is 11.5 Å². The fourth-order valence-electron chi connectivity index (χ4n) is 4.95. The van der Waals surface area contributed by atoms with Gasteiger partial charge in [0, 0.05) is 18.7 Å². The van der Waals surface area contributed by atoms with Crippen molar-refractivity contribution in [3.05, 3.63) is 53.6 Å². The smallest absolute Gasteiger partial charge is 0.244 e. The molecule has 0 bridgehead atoms. The maximum atomic E-state index is 13.9. The van der Waals surface area contributed by atoms with Crippen molar-refractivity contribution in [1.29, 1.82) is 0 Å². The number of nitrogens with zero attached hydrogens (tertiary/aromatic N) is 2. The van der Waals surface area contributed by atoms with Crippen LogP contribution in [0.25, 0.3) is 0 Å². The molecular weight excluding hydrogens is 518 g/mol. The molecular formula is C29H41N3O6S. The van der Waals surface area contributed by atoms with E-state index in [2.05, 4.69) is 5.32 Å². The number of rotatable bonds is 12. The minimum absolute atomic E-state index is 0.0934. The molecule has 0 aromatic heterocycles. The minimum atomic E-state index is -3.86. The normalized spacial score (nSPS) is 14.8. The summed E-state index contributed by atoms with van der Waals surface area (Å²) < 4.78 is 37.4. The van der Waals surface area contributed by atoms with Gasteiger partial charge in [0.25, 0.3) is 0 Å². The predicted molar refractivity (Wildman–Crippen MR) is 153 cm³/mol. The molecule has 2 aromatic carbocycles. The topological polar surface area (TPSA) is 105 Å². The molecule has 2 aromatic rings. The molecule has 0 heterocycles. The Kier molecular flexibility index (Phi) is 10.6. The first-order valence-corrected chi connectivity index (χ1v) is 15.3. The Hall–Kier alpha value is -3.27. The predicted octanol–water partition coefficient (Wildman–Crippen LogP) is 4.03. The van der Waals surface area contributed by atoms with Gasteiger partial charge in [-0.25, -0.2) is 8.42 Å². The van der Waals surface area contributed by atoms with E-state index in [-0.39, 0.29) is 24.2 Å². The summed E-state index contributed by atoms with van der Waals surface area (Å²) >= 11 is 0. The summed E-state index contributed by atoms with van der Waals surface area (Å²) in [6.07, 6.45) is 6.61. The molecule has 2 amide bonds. The van der Waals surface area contributed by atoms with Crippen molar-refractivity contribution in [1.82, 2.24) is 10.2 Å². The van der Waals surface area contributed by atoms with Gasteiger partial charge in [-0.3, -0.25) is 13.9 Å². The highest BCUT2D eigenvalue weighted by atomic mass is 32.2. The average Bonchev–Trinajstić information content (AvgIpc) is 2.92. The lowest BCUT2D eigenvalue weighted by atomic mass is 9.95. The number of anilines is 1. The van der Waals surface area contributed by atoms with Gasteiger partial charge < -0.3 is 19.7 Å². The largest absolute Gasteiger partial charge is 0.493 e. The van der Waals surface area contributed by atoms with Crippen LogP contribution in [0.15, 0.2) is 42.5 Å². The molecule has 0 unspecified atom stereocenters. The molecule has 1 fully saturated rings. The molecule has 1 N–H and O–H groups in total. The van der Waals surface area contributed by atoms with E-state index in [1.807, 2.05) is 38.1 Å². The number of methoxy groups -OCH3 is 2. The van der Waals surface area contributed by atoms with Crippen LogP contribution < -0.4 is 19.1 Å². The van der Waals surface area contributed by atoms with E-state index in [0.29, 0.717) is 17.9 Å². The highest BCUT2D eigenvalue weighted by molar-refractivity contribution is 7.92. The van der Waals surface area contributed by atoms with Crippen molar-refractivity contribution in [3.63, 3.8) is 0 Å². The molecule has 10 heteroatoms. The maximum Gasteiger partial charge on any atom is 0.244 e. The van der Waals surface area contributed by atoms with Gasteiger partial charge in [-0.2, -0.15) is 0 Å². The Balaban J connectivity index is 1.94. The third-order valence-corrected chi connectivity index (χ3v) is 8.29. The summed E-state index contributed by atoms with van der Waals surface area (Å²) in [5.74, 6) is 0.0988. The van der Waals surface area contributed by atoms with Crippen LogP contribution in [0.4, 0.5) is 5.69 Å². The molecule has 39 heavy (non-hydrogen) atoms. The third kappa shape index (κ3) is 8.11. The first kappa shape index (κ1) is 30.3. The zero-order valence-corrected chi connectivity index (χ0v) is 24.4. The number of sulfonamides is 1. The van der Waals surface area contributed by atoms with Crippen molar-refractivity contribution in [3.8, 4) is 11.5 Å². The Bertz CT molecular complexity index is 1230. The summed E-state index contributed by atoms with van der Waals surface area (Å²) in [7, 11) is -0.912. The highest BCUT2D eigenvalue weighted by Gasteiger charge is 2.33. The van der Waals surface area contributed by atoms with Gasteiger partial charge in [-0.15, -0.1) is 0 Å². The van der Waals surface area contributed by atoms with Crippen LogP contribution in [0, 0.1) is 6.92 Å². The van der Waals surface area contributed by atoms with E-state index in [1.54, 1.807) is 12.1 Å². The number of amides is 2. The number of carbonyl (C=O) groups is 2. The molecule has 3 rings (SSSR count). The zero-order chi connectivity index (χ0) is 28.6. The van der Waals surface area contributed by atoms with E-state index in [1.165, 1.54) is 31.6 Å². The molecule has 0 spiro atoms. The van der Waals surface area contributed by atoms with Gasteiger partial charge >= 0.3 is 0 Å². The van der Waals surface area contributed by atoms with Crippen molar-refractivity contribution in [2.24, 2.45) is 0 Å². The van der Waals surface area contributed by atoms with Crippen LogP contribution in [0.3, 0.4) is 0 Å². The van der Waals surface area contributed by atoms with Gasteiger partial charge in [-0.05, 0) is 43.9 Å². The molecule has 9 nitrogen and oxygen atoms in total. The molecule has 1 aliphatic carbocycles. The Labute approximate surface area is 232 Å². The van der Waals surface area contributed by atoms with Crippen molar-refractivity contribution >= 4 is 27.5 Å². The lowest BCUT2D eigenvalue weighted by Gasteiger charge is -2.34. The molecule has 0 saturated heterocycles. The summed E-state index contributed by atoms with van der Waals surface area (Å²) in [5, 5.41) is 3.15. The molecule has 0 radical (unpaired) electrons. The SMILES string of the molecule is CC[C@@H](C(=O)NC1CCCCC1)N(Cc1ccc(C)cc1)C(=O)CN(c1ccc(OC)c(OC)c1)S(C)(=O)=O. The fraction of sp³-hybridized carbons (Fsp3) is 0.517. The van der Waals surface area contributed by atoms with E-state index in [0.717, 1.165) is 47.4 Å². The van der Waals surface area contributed by atoms with Crippen LogP contribution >= 0.6 is 0 Å². The Morgan fingerprint density at radius 1 is 1.00 bits per heavy atom. The quantitative estimate of drug-likeness (QED) is 0.421. The standard InChI is InChI=1S/C29H41N3O6S/c1-6-25(29(34)30-23-10-8-7-9-11-23)31(19-22-14-12-21(2)13-15-22)28(33)20-32(39(5,35)36)24-16-17-26(37-3)27(18-24)38-4/h12-18,23,25H,6-11,19-20H2,1-5H3,(H,30,34)/t25-/m0/s1. The number of nitrogens with one attached hydrogen (secondary N) is 1. The fourth-order valence-corrected chi connectivity index (χ4v) is 5.79. The Morgan fingerprint density at radius 2 is 1.64 bits per heavy atom. The van der Waals surface area contributed by atoms with Gasteiger partial charge in [0.1, 0.15) is 12.6 Å². The monoisotopic (exact) mass is 559 g/mol. The molecule has 1 saturated carbocycles. The van der Waals surface area contributed by atoms with Gasteiger partial charge in [0.15, 0.2) is 11.5 Å². The molecule has 0 aliphatic heterocycles. The minimum Gasteiger partial charge on any atom is -0.493 e. The first-order valence-electron chi connectivity index (χ1n) is 13.4. The van der Waals surface area contributed by atoms with Gasteiger partial charge in [0.05, 0.1) is 26.2 Å². The average molecular weight is 560 g/mol. The van der Waals surface area contributed by atoms with Crippen LogP contribution in [0.1, 0.15) is 56.6 Å². The Morgan fingerprint density at radius 3 is 2.21 bits per heavy atom. The van der Waals surface area contributed by atoms with Crippen LogP contribution in [-0.4, -0.2) is 64.2 Å². The summed E-state index contributed by atoms with van der Waals surface area (Å²) in [5.41, 5.74) is 2.20. The number of ether oxygens (including phenoxy) is 2. The van der Waals surface area contributed by atoms with Gasteiger partial charge in [0.2, 0.25) is 21.8 Å². The number of carbonyl (C=O) groups excluding carboxylic acids is 2. The number of hydrogen-bond donors (Lipinski definition) is 1. The van der Waals surface area contributed by atoms with Crippen molar-refractivity contribution in [2.45, 2.75) is 71.0 Å². The lowest BCUT2D eigenvalue weighted by molar-refractivity contribution is -0.140. The molecule has 214 valence electrons. The van der Waals surface area contributed by atoms with E-state index < -0.39 is 28.5 Å². The number of hydrogen-bond acceptors (Lipinski definition) is 6. The second-order valence-corrected chi connectivity index (χ2v) is 12.0. The van der Waals surface area contributed by atoms with Gasteiger partial charge in [-0.1, -0.05) is 56.0 Å². The second kappa shape index (κ2) is 13.7. The van der Waals surface area contributed by atoms with E-state index in [9.17, 15) is 18.0 Å². The zero-order valence-electron chi connectivity index (χ0n) is 23.6. The third-order valence-electron chi connectivity index (χ3n) is 7.15. The van der Waals surface area contributed by atoms with Crippen LogP contribution in [-0.2, 0) is 26.2 Å². The lowest BCUT2D eigenvalue weighted by Crippen LogP contribution is -2.53. The highest BCUT2D eigenvalue weighted by Crippen LogP contribution is 2.32. The summed E-state index contributed by atoms with van der Waals surface area (Å²) in [6.45, 7) is 3.56. The van der Waals surface area contributed by atoms with Crippen molar-refractivity contribution < 1.29 is 27.5 Å². The molecule has 1 atom stereocenters. The van der Waals surface area contributed by atoms with E-state index >= 15 is 0 Å². The summed E-state index contributed by atoms with van der Waals surface area (Å²) in [4.78, 5) is 28.9. The maximum absolute atomic E-state index is 13.9. The van der Waals surface area contributed by atoms with E-state index in [4.69, 9.17) is 9.47 Å².